The van der Waals surface area contributed by atoms with Gasteiger partial charge in [-0.2, -0.15) is 0 Å². The van der Waals surface area contributed by atoms with Crippen molar-refractivity contribution >= 4 is 28.9 Å². The standard InChI is InChI=1S/C31H29NO7/c1-3-36-26-14-10-22(18-28(26)37-4-2)11-15-29(33)38-24-13-12-23-19-25(31(35)39-27(23)20-24)30(34)32-17-16-21-8-6-5-7-9-21/h5-15,18-20H,3-4,16-17H2,1-2H3,(H,32,34)/b15-11+. The summed E-state index contributed by atoms with van der Waals surface area (Å²) in [6.07, 6.45) is 3.53. The molecule has 8 heteroatoms. The molecule has 0 aliphatic heterocycles. The monoisotopic (exact) mass is 527 g/mol. The van der Waals surface area contributed by atoms with Gasteiger partial charge in [0.2, 0.25) is 0 Å². The van der Waals surface area contributed by atoms with Gasteiger partial charge < -0.3 is 23.9 Å². The van der Waals surface area contributed by atoms with E-state index in [2.05, 4.69) is 5.32 Å². The molecule has 0 spiro atoms. The van der Waals surface area contributed by atoms with E-state index in [1.165, 1.54) is 18.2 Å². The Morgan fingerprint density at radius 2 is 1.67 bits per heavy atom. The topological polar surface area (TPSA) is 104 Å². The van der Waals surface area contributed by atoms with Crippen LogP contribution in [0.15, 0.2) is 88.1 Å². The molecular formula is C31H29NO7. The Morgan fingerprint density at radius 3 is 2.44 bits per heavy atom. The molecule has 0 bridgehead atoms. The number of amides is 1. The second-order valence-electron chi connectivity index (χ2n) is 8.47. The van der Waals surface area contributed by atoms with Gasteiger partial charge in [0.05, 0.1) is 13.2 Å². The fourth-order valence-electron chi connectivity index (χ4n) is 3.86. The van der Waals surface area contributed by atoms with Crippen LogP contribution >= 0.6 is 0 Å². The number of carbonyl (C=O) groups excluding carboxylic acids is 2. The third-order valence-electron chi connectivity index (χ3n) is 5.69. The first kappa shape index (κ1) is 27.2. The van der Waals surface area contributed by atoms with Crippen molar-refractivity contribution in [1.29, 1.82) is 0 Å². The highest BCUT2D eigenvalue weighted by molar-refractivity contribution is 5.97. The van der Waals surface area contributed by atoms with Gasteiger partial charge in [0, 0.05) is 24.1 Å². The second-order valence-corrected chi connectivity index (χ2v) is 8.47. The van der Waals surface area contributed by atoms with Gasteiger partial charge >= 0.3 is 11.6 Å². The fraction of sp³-hybridized carbons (Fsp3) is 0.194. The minimum absolute atomic E-state index is 0.0926. The highest BCUT2D eigenvalue weighted by atomic mass is 16.5. The summed E-state index contributed by atoms with van der Waals surface area (Å²) in [7, 11) is 0. The number of ether oxygens (including phenoxy) is 3. The van der Waals surface area contributed by atoms with Crippen LogP contribution in [-0.2, 0) is 11.2 Å². The molecule has 200 valence electrons. The van der Waals surface area contributed by atoms with Crippen LogP contribution in [0.25, 0.3) is 17.0 Å². The molecule has 3 aromatic carbocycles. The lowest BCUT2D eigenvalue weighted by Crippen LogP contribution is -2.29. The quantitative estimate of drug-likeness (QED) is 0.124. The predicted octanol–water partition coefficient (Wildman–Crippen LogP) is 5.18. The smallest absolute Gasteiger partial charge is 0.349 e. The molecule has 39 heavy (non-hydrogen) atoms. The summed E-state index contributed by atoms with van der Waals surface area (Å²) in [6, 6.07) is 21.2. The number of rotatable bonds is 11. The third kappa shape index (κ3) is 7.35. The van der Waals surface area contributed by atoms with Gasteiger partial charge in [-0.25, -0.2) is 9.59 Å². The lowest BCUT2D eigenvalue weighted by atomic mass is 10.1. The van der Waals surface area contributed by atoms with Crippen molar-refractivity contribution in [3.05, 3.63) is 106 Å². The molecule has 0 saturated carbocycles. The van der Waals surface area contributed by atoms with Crippen molar-refractivity contribution in [2.24, 2.45) is 0 Å². The van der Waals surface area contributed by atoms with E-state index in [0.29, 0.717) is 43.1 Å². The number of fused-ring (bicyclic) bond motifs is 1. The zero-order chi connectivity index (χ0) is 27.6. The fourth-order valence-corrected chi connectivity index (χ4v) is 3.86. The highest BCUT2D eigenvalue weighted by Gasteiger charge is 2.14. The Labute approximate surface area is 225 Å². The van der Waals surface area contributed by atoms with E-state index < -0.39 is 17.5 Å². The summed E-state index contributed by atoms with van der Waals surface area (Å²) < 4.78 is 21.9. The molecule has 1 aromatic heterocycles. The summed E-state index contributed by atoms with van der Waals surface area (Å²) in [4.78, 5) is 37.4. The van der Waals surface area contributed by atoms with Gasteiger partial charge in [0.25, 0.3) is 5.91 Å². The Bertz CT molecular complexity index is 1540. The summed E-state index contributed by atoms with van der Waals surface area (Å²) in [5.74, 6) is 0.289. The summed E-state index contributed by atoms with van der Waals surface area (Å²) in [5.41, 5.74) is 1.14. The molecule has 0 atom stereocenters. The van der Waals surface area contributed by atoms with E-state index in [9.17, 15) is 14.4 Å². The van der Waals surface area contributed by atoms with E-state index in [0.717, 1.165) is 11.1 Å². The Balaban J connectivity index is 1.40. The van der Waals surface area contributed by atoms with Crippen LogP contribution in [0.4, 0.5) is 0 Å². The van der Waals surface area contributed by atoms with Gasteiger partial charge in [-0.1, -0.05) is 36.4 Å². The first-order chi connectivity index (χ1) is 19.0. The average Bonchev–Trinajstić information content (AvgIpc) is 2.93. The number of nitrogens with one attached hydrogen (secondary N) is 1. The molecule has 8 nitrogen and oxygen atoms in total. The van der Waals surface area contributed by atoms with Crippen molar-refractivity contribution in [3.63, 3.8) is 0 Å². The van der Waals surface area contributed by atoms with Gasteiger partial charge in [-0.3, -0.25) is 4.79 Å². The predicted molar refractivity (Wildman–Crippen MR) is 148 cm³/mol. The van der Waals surface area contributed by atoms with Crippen LogP contribution < -0.4 is 25.2 Å². The molecule has 0 aliphatic rings. The first-order valence-electron chi connectivity index (χ1n) is 12.7. The Morgan fingerprint density at radius 1 is 0.897 bits per heavy atom. The molecule has 1 heterocycles. The van der Waals surface area contributed by atoms with Crippen LogP contribution in [0.2, 0.25) is 0 Å². The molecule has 4 aromatic rings. The number of esters is 1. The van der Waals surface area contributed by atoms with Crippen molar-refractivity contribution in [3.8, 4) is 17.2 Å². The average molecular weight is 528 g/mol. The van der Waals surface area contributed by atoms with Crippen LogP contribution in [0.5, 0.6) is 17.2 Å². The van der Waals surface area contributed by atoms with Gasteiger partial charge in [-0.15, -0.1) is 0 Å². The molecule has 4 rings (SSSR count). The van der Waals surface area contributed by atoms with E-state index in [1.807, 2.05) is 44.2 Å². The zero-order valence-corrected chi connectivity index (χ0v) is 21.8. The van der Waals surface area contributed by atoms with Crippen molar-refractivity contribution in [2.75, 3.05) is 19.8 Å². The van der Waals surface area contributed by atoms with E-state index in [-0.39, 0.29) is 16.9 Å². The van der Waals surface area contributed by atoms with Crippen LogP contribution in [0.1, 0.15) is 35.3 Å². The largest absolute Gasteiger partial charge is 0.490 e. The minimum atomic E-state index is -0.774. The van der Waals surface area contributed by atoms with E-state index >= 15 is 0 Å². The highest BCUT2D eigenvalue weighted by Crippen LogP contribution is 2.29. The lowest BCUT2D eigenvalue weighted by molar-refractivity contribution is -0.128. The number of hydrogen-bond acceptors (Lipinski definition) is 7. The number of benzene rings is 3. The second kappa shape index (κ2) is 13.1. The number of carbonyl (C=O) groups is 2. The first-order valence-corrected chi connectivity index (χ1v) is 12.7. The van der Waals surface area contributed by atoms with Gasteiger partial charge in [0.15, 0.2) is 11.5 Å². The van der Waals surface area contributed by atoms with E-state index in [4.69, 9.17) is 18.6 Å². The van der Waals surface area contributed by atoms with E-state index in [1.54, 1.807) is 36.4 Å². The van der Waals surface area contributed by atoms with Crippen molar-refractivity contribution in [2.45, 2.75) is 20.3 Å². The lowest BCUT2D eigenvalue weighted by Gasteiger charge is -2.11. The maximum absolute atomic E-state index is 12.5. The molecular weight excluding hydrogens is 498 g/mol. The summed E-state index contributed by atoms with van der Waals surface area (Å²) in [5, 5.41) is 3.27. The SMILES string of the molecule is CCOc1ccc(/C=C/C(=O)Oc2ccc3cc(C(=O)NCCc4ccccc4)c(=O)oc3c2)cc1OCC. The van der Waals surface area contributed by atoms with Crippen molar-refractivity contribution < 1.29 is 28.2 Å². The Kier molecular flexibility index (Phi) is 9.13. The molecule has 0 aliphatic carbocycles. The molecule has 0 radical (unpaired) electrons. The number of hydrogen-bond donors (Lipinski definition) is 1. The maximum Gasteiger partial charge on any atom is 0.349 e. The van der Waals surface area contributed by atoms with Crippen LogP contribution in [-0.4, -0.2) is 31.6 Å². The van der Waals surface area contributed by atoms with Crippen molar-refractivity contribution in [1.82, 2.24) is 5.32 Å². The van der Waals surface area contributed by atoms with Crippen LogP contribution in [0.3, 0.4) is 0 Å². The third-order valence-corrected chi connectivity index (χ3v) is 5.69. The molecule has 0 fully saturated rings. The molecule has 0 unspecified atom stereocenters. The normalized spacial score (nSPS) is 10.9. The van der Waals surface area contributed by atoms with Crippen LogP contribution in [0, 0.1) is 0 Å². The molecule has 1 amide bonds. The molecule has 1 N–H and O–H groups in total. The summed E-state index contributed by atoms with van der Waals surface area (Å²) >= 11 is 0. The zero-order valence-electron chi connectivity index (χ0n) is 21.8. The Hall–Kier alpha value is -4.85. The maximum atomic E-state index is 12.5. The van der Waals surface area contributed by atoms with Gasteiger partial charge in [-0.05, 0) is 67.8 Å². The molecule has 0 saturated heterocycles. The van der Waals surface area contributed by atoms with Gasteiger partial charge in [0.1, 0.15) is 16.9 Å². The minimum Gasteiger partial charge on any atom is -0.490 e. The summed E-state index contributed by atoms with van der Waals surface area (Å²) in [6.45, 7) is 5.14.